The molecule has 0 aliphatic carbocycles. The molecule has 0 saturated carbocycles. The molecule has 0 aliphatic heterocycles. The molecule has 0 aliphatic rings. The summed E-state index contributed by atoms with van der Waals surface area (Å²) in [7, 11) is 0. The predicted octanol–water partition coefficient (Wildman–Crippen LogP) is 6.66. The Morgan fingerprint density at radius 2 is 1.29 bits per heavy atom. The highest BCUT2D eigenvalue weighted by atomic mass is 19.4. The van der Waals surface area contributed by atoms with Gasteiger partial charge < -0.3 is 0 Å². The minimum absolute atomic E-state index is 0.629. The fraction of sp³-hybridized carbons (Fsp3) is 0.143. The van der Waals surface area contributed by atoms with Gasteiger partial charge in [0, 0.05) is 0 Å². The van der Waals surface area contributed by atoms with Crippen molar-refractivity contribution >= 4 is 0 Å². The van der Waals surface area contributed by atoms with Gasteiger partial charge in [0.15, 0.2) is 0 Å². The fourth-order valence-corrected chi connectivity index (χ4v) is 2.83. The van der Waals surface area contributed by atoms with Gasteiger partial charge in [0.05, 0.1) is 5.56 Å². The second-order valence-electron chi connectivity index (χ2n) is 5.94. The highest BCUT2D eigenvalue weighted by Crippen LogP contribution is 2.36. The maximum Gasteiger partial charge on any atom is 0.416 e. The van der Waals surface area contributed by atoms with Crippen molar-refractivity contribution in [2.45, 2.75) is 20.0 Å². The van der Waals surface area contributed by atoms with E-state index in [4.69, 9.17) is 0 Å². The molecule has 0 amide bonds. The highest BCUT2D eigenvalue weighted by molar-refractivity contribution is 5.85. The van der Waals surface area contributed by atoms with Gasteiger partial charge in [-0.25, -0.2) is 0 Å². The summed E-state index contributed by atoms with van der Waals surface area (Å²) in [6.45, 7) is 4.07. The predicted molar refractivity (Wildman–Crippen MR) is 91.8 cm³/mol. The van der Waals surface area contributed by atoms with Crippen LogP contribution in [-0.2, 0) is 6.18 Å². The van der Waals surface area contributed by atoms with E-state index in [2.05, 4.69) is 18.2 Å². The van der Waals surface area contributed by atoms with Crippen LogP contribution in [0.5, 0.6) is 0 Å². The number of halogens is 3. The van der Waals surface area contributed by atoms with Crippen molar-refractivity contribution in [1.82, 2.24) is 0 Å². The Bertz CT molecular complexity index is 859. The summed E-state index contributed by atoms with van der Waals surface area (Å²) < 4.78 is 38.3. The molecule has 0 unspecified atom stereocenters. The summed E-state index contributed by atoms with van der Waals surface area (Å²) in [6.07, 6.45) is -4.31. The monoisotopic (exact) mass is 326 g/mol. The van der Waals surface area contributed by atoms with Crippen LogP contribution in [0, 0.1) is 13.8 Å². The molecule has 3 heteroatoms. The molecule has 3 rings (SSSR count). The molecule has 24 heavy (non-hydrogen) atoms. The van der Waals surface area contributed by atoms with Crippen molar-refractivity contribution < 1.29 is 13.2 Å². The van der Waals surface area contributed by atoms with Crippen LogP contribution in [0.1, 0.15) is 16.7 Å². The Balaban J connectivity index is 2.12. The first kappa shape index (κ1) is 16.3. The lowest BCUT2D eigenvalue weighted by Gasteiger charge is -2.14. The van der Waals surface area contributed by atoms with E-state index in [9.17, 15) is 13.2 Å². The molecule has 3 aromatic rings. The van der Waals surface area contributed by atoms with Crippen molar-refractivity contribution in [3.8, 4) is 22.3 Å². The molecule has 0 N–H and O–H groups in total. The Kier molecular flexibility index (Phi) is 4.18. The number of alkyl halides is 3. The molecule has 3 aromatic carbocycles. The largest absolute Gasteiger partial charge is 0.416 e. The summed E-state index contributed by atoms with van der Waals surface area (Å²) in [6, 6.07) is 19.4. The number of rotatable bonds is 2. The highest BCUT2D eigenvalue weighted by Gasteiger charge is 2.30. The van der Waals surface area contributed by atoms with Gasteiger partial charge in [-0.15, -0.1) is 0 Å². The van der Waals surface area contributed by atoms with Gasteiger partial charge in [0.1, 0.15) is 0 Å². The zero-order valence-electron chi connectivity index (χ0n) is 13.5. The first-order valence-electron chi connectivity index (χ1n) is 7.70. The topological polar surface area (TPSA) is 0 Å². The summed E-state index contributed by atoms with van der Waals surface area (Å²) in [5, 5.41) is 0. The Labute approximate surface area is 139 Å². The molecule has 122 valence electrons. The van der Waals surface area contributed by atoms with E-state index in [1.807, 2.05) is 38.1 Å². The third kappa shape index (κ3) is 3.21. The molecular formula is C21H17F3. The number of hydrogen-bond donors (Lipinski definition) is 0. The molecule has 0 aromatic heterocycles. The zero-order chi connectivity index (χ0) is 17.3. The molecule has 0 fully saturated rings. The lowest BCUT2D eigenvalue weighted by atomic mass is 9.91. The van der Waals surface area contributed by atoms with E-state index < -0.39 is 11.7 Å². The van der Waals surface area contributed by atoms with E-state index in [-0.39, 0.29) is 0 Å². The van der Waals surface area contributed by atoms with Crippen LogP contribution in [0.2, 0.25) is 0 Å². The van der Waals surface area contributed by atoms with Crippen molar-refractivity contribution in [3.05, 3.63) is 83.4 Å². The zero-order valence-corrected chi connectivity index (χ0v) is 13.5. The second kappa shape index (κ2) is 6.16. The molecule has 0 bridgehead atoms. The summed E-state index contributed by atoms with van der Waals surface area (Å²) >= 11 is 0. The third-order valence-electron chi connectivity index (χ3n) is 4.13. The minimum atomic E-state index is -4.31. The summed E-state index contributed by atoms with van der Waals surface area (Å²) in [4.78, 5) is 0. The lowest BCUT2D eigenvalue weighted by molar-refractivity contribution is -0.137. The van der Waals surface area contributed by atoms with Crippen LogP contribution in [0.25, 0.3) is 22.3 Å². The molecular weight excluding hydrogens is 309 g/mol. The van der Waals surface area contributed by atoms with Gasteiger partial charge in [-0.1, -0.05) is 60.2 Å². The van der Waals surface area contributed by atoms with Gasteiger partial charge in [-0.05, 0) is 53.8 Å². The second-order valence-corrected chi connectivity index (χ2v) is 5.94. The smallest absolute Gasteiger partial charge is 0.166 e. The Morgan fingerprint density at radius 3 is 1.92 bits per heavy atom. The van der Waals surface area contributed by atoms with Gasteiger partial charge >= 0.3 is 6.18 Å². The number of benzene rings is 3. The van der Waals surface area contributed by atoms with E-state index in [0.717, 1.165) is 45.5 Å². The van der Waals surface area contributed by atoms with Crippen LogP contribution < -0.4 is 0 Å². The van der Waals surface area contributed by atoms with E-state index in [1.54, 1.807) is 0 Å². The standard InChI is InChI=1S/C21H17F3/c1-14-7-8-15(2)20(13-14)19-6-4-3-5-18(19)16-9-11-17(12-10-16)21(22,23)24/h3-13H,1-2H3. The van der Waals surface area contributed by atoms with Crippen molar-refractivity contribution in [3.63, 3.8) is 0 Å². The molecule has 0 spiro atoms. The first-order valence-corrected chi connectivity index (χ1v) is 7.70. The van der Waals surface area contributed by atoms with Crippen molar-refractivity contribution in [2.75, 3.05) is 0 Å². The normalized spacial score (nSPS) is 11.5. The van der Waals surface area contributed by atoms with Gasteiger partial charge in [0.25, 0.3) is 0 Å². The minimum Gasteiger partial charge on any atom is -0.166 e. The molecule has 0 saturated heterocycles. The van der Waals surface area contributed by atoms with Gasteiger partial charge in [-0.2, -0.15) is 13.2 Å². The third-order valence-corrected chi connectivity index (χ3v) is 4.13. The summed E-state index contributed by atoms with van der Waals surface area (Å²) in [5.74, 6) is 0. The van der Waals surface area contributed by atoms with Crippen LogP contribution in [0.15, 0.2) is 66.7 Å². The molecule has 0 atom stereocenters. The van der Waals surface area contributed by atoms with Crippen LogP contribution >= 0.6 is 0 Å². The number of aryl methyl sites for hydroxylation is 2. The SMILES string of the molecule is Cc1ccc(C)c(-c2ccccc2-c2ccc(C(F)(F)F)cc2)c1. The maximum absolute atomic E-state index is 12.8. The molecule has 0 nitrogen and oxygen atoms in total. The van der Waals surface area contributed by atoms with Crippen molar-refractivity contribution in [2.24, 2.45) is 0 Å². The van der Waals surface area contributed by atoms with Gasteiger partial charge in [-0.3, -0.25) is 0 Å². The van der Waals surface area contributed by atoms with E-state index in [0.29, 0.717) is 0 Å². The summed E-state index contributed by atoms with van der Waals surface area (Å²) in [5.41, 5.74) is 5.50. The number of hydrogen-bond acceptors (Lipinski definition) is 0. The van der Waals surface area contributed by atoms with Gasteiger partial charge in [0.2, 0.25) is 0 Å². The van der Waals surface area contributed by atoms with Crippen molar-refractivity contribution in [1.29, 1.82) is 0 Å². The molecule has 0 heterocycles. The maximum atomic E-state index is 12.8. The molecule has 0 radical (unpaired) electrons. The lowest BCUT2D eigenvalue weighted by Crippen LogP contribution is -2.04. The van der Waals surface area contributed by atoms with E-state index >= 15 is 0 Å². The van der Waals surface area contributed by atoms with E-state index in [1.165, 1.54) is 12.1 Å². The first-order chi connectivity index (χ1) is 11.4. The van der Waals surface area contributed by atoms with Crippen LogP contribution in [-0.4, -0.2) is 0 Å². The quantitative estimate of drug-likeness (QED) is 0.494. The Hall–Kier alpha value is -2.55. The van der Waals surface area contributed by atoms with Crippen LogP contribution in [0.3, 0.4) is 0 Å². The average molecular weight is 326 g/mol. The average Bonchev–Trinajstić information content (AvgIpc) is 2.56. The fourth-order valence-electron chi connectivity index (χ4n) is 2.83. The Morgan fingerprint density at radius 1 is 0.667 bits per heavy atom. The van der Waals surface area contributed by atoms with Crippen LogP contribution in [0.4, 0.5) is 13.2 Å².